The summed E-state index contributed by atoms with van der Waals surface area (Å²) in [6, 6.07) is 0. The van der Waals surface area contributed by atoms with Crippen molar-refractivity contribution >= 4 is 23.3 Å². The highest BCUT2D eigenvalue weighted by Gasteiger charge is 2.02. The second kappa shape index (κ2) is 3.25. The van der Waals surface area contributed by atoms with Gasteiger partial charge in [0.05, 0.1) is 0 Å². The molecule has 0 fully saturated rings. The minimum absolute atomic E-state index is 0.432. The fraction of sp³-hybridized carbons (Fsp3) is 0. The summed E-state index contributed by atoms with van der Waals surface area (Å²) < 4.78 is 12.4. The van der Waals surface area contributed by atoms with Crippen LogP contribution in [0.25, 0.3) is 6.08 Å². The van der Waals surface area contributed by atoms with E-state index in [0.717, 1.165) is 6.08 Å². The third-order valence-corrected chi connectivity index (χ3v) is 1.66. The molecule has 0 aliphatic rings. The van der Waals surface area contributed by atoms with Gasteiger partial charge in [0.1, 0.15) is 5.01 Å². The van der Waals surface area contributed by atoms with Gasteiger partial charge in [0.25, 0.3) is 5.91 Å². The number of carbonyl (C=O) groups excluding carboxylic acids is 1. The minimum atomic E-state index is -1.07. The van der Waals surface area contributed by atoms with Crippen molar-refractivity contribution in [3.63, 3.8) is 0 Å². The van der Waals surface area contributed by atoms with E-state index in [1.165, 1.54) is 17.5 Å². The van der Waals surface area contributed by atoms with E-state index in [2.05, 4.69) is 10.7 Å². The Balaban J connectivity index is 2.82. The molecule has 0 aliphatic heterocycles. The highest BCUT2D eigenvalue weighted by molar-refractivity contribution is 7.10. The van der Waals surface area contributed by atoms with Gasteiger partial charge in [-0.05, 0) is 0 Å². The van der Waals surface area contributed by atoms with Crippen LogP contribution in [0.2, 0.25) is 0 Å². The van der Waals surface area contributed by atoms with Crippen molar-refractivity contribution < 1.29 is 9.18 Å². The first-order valence-corrected chi connectivity index (χ1v) is 3.64. The monoisotopic (exact) mass is 172 g/mol. The first-order valence-electron chi connectivity index (χ1n) is 2.76. The predicted molar refractivity (Wildman–Crippen MR) is 40.4 cm³/mol. The largest absolute Gasteiger partial charge is 0.364 e. The molecule has 2 N–H and O–H groups in total. The molecule has 1 heterocycles. The van der Waals surface area contributed by atoms with Gasteiger partial charge in [-0.2, -0.15) is 0 Å². The third kappa shape index (κ3) is 2.12. The SMILES string of the molecule is NC(=O)C(F)=Cc1nccs1. The molecule has 0 bridgehead atoms. The Morgan fingerprint density at radius 3 is 3.00 bits per heavy atom. The molecule has 1 amide bonds. The summed E-state index contributed by atoms with van der Waals surface area (Å²) in [5.41, 5.74) is 4.65. The second-order valence-corrected chi connectivity index (χ2v) is 2.65. The molecule has 3 nitrogen and oxygen atoms in total. The summed E-state index contributed by atoms with van der Waals surface area (Å²) >= 11 is 1.23. The van der Waals surface area contributed by atoms with Gasteiger partial charge in [0, 0.05) is 17.7 Å². The van der Waals surface area contributed by atoms with Crippen LogP contribution < -0.4 is 5.73 Å². The van der Waals surface area contributed by atoms with Crippen LogP contribution in [-0.2, 0) is 4.79 Å². The number of nitrogens with zero attached hydrogens (tertiary/aromatic N) is 1. The molecule has 0 saturated carbocycles. The van der Waals surface area contributed by atoms with E-state index >= 15 is 0 Å². The molecule has 11 heavy (non-hydrogen) atoms. The van der Waals surface area contributed by atoms with E-state index in [4.69, 9.17) is 0 Å². The van der Waals surface area contributed by atoms with Gasteiger partial charge < -0.3 is 5.73 Å². The summed E-state index contributed by atoms with van der Waals surface area (Å²) in [6.45, 7) is 0. The first kappa shape index (κ1) is 7.87. The quantitative estimate of drug-likeness (QED) is 0.675. The number of halogens is 1. The van der Waals surface area contributed by atoms with Crippen molar-refractivity contribution in [1.82, 2.24) is 4.98 Å². The first-order chi connectivity index (χ1) is 5.20. The fourth-order valence-electron chi connectivity index (χ4n) is 0.485. The van der Waals surface area contributed by atoms with Gasteiger partial charge in [-0.25, -0.2) is 9.37 Å². The van der Waals surface area contributed by atoms with Crippen LogP contribution in [-0.4, -0.2) is 10.9 Å². The molecule has 0 aliphatic carbocycles. The van der Waals surface area contributed by atoms with Gasteiger partial charge in [0.15, 0.2) is 5.83 Å². The van der Waals surface area contributed by atoms with E-state index in [9.17, 15) is 9.18 Å². The third-order valence-electron chi connectivity index (χ3n) is 0.937. The fourth-order valence-corrected chi connectivity index (χ4v) is 1.04. The molecule has 0 unspecified atom stereocenters. The molecule has 5 heteroatoms. The number of thiazole rings is 1. The number of hydrogen-bond donors (Lipinski definition) is 1. The van der Waals surface area contributed by atoms with E-state index in [1.54, 1.807) is 5.38 Å². The zero-order valence-electron chi connectivity index (χ0n) is 5.45. The predicted octanol–water partition coefficient (Wildman–Crippen LogP) is 0.939. The number of carbonyl (C=O) groups is 1. The molecular weight excluding hydrogens is 167 g/mol. The number of amides is 1. The lowest BCUT2D eigenvalue weighted by Crippen LogP contribution is -2.10. The molecule has 1 rings (SSSR count). The van der Waals surface area contributed by atoms with Crippen molar-refractivity contribution in [2.45, 2.75) is 0 Å². The van der Waals surface area contributed by atoms with Crippen LogP contribution >= 0.6 is 11.3 Å². The molecule has 1 aromatic heterocycles. The van der Waals surface area contributed by atoms with Gasteiger partial charge in [-0.15, -0.1) is 11.3 Å². The Kier molecular flexibility index (Phi) is 2.32. The number of nitrogens with two attached hydrogens (primary N) is 1. The van der Waals surface area contributed by atoms with Crippen LogP contribution in [0.15, 0.2) is 17.4 Å². The maximum atomic E-state index is 12.4. The smallest absolute Gasteiger partial charge is 0.277 e. The van der Waals surface area contributed by atoms with Crippen LogP contribution in [0.1, 0.15) is 5.01 Å². The maximum Gasteiger partial charge on any atom is 0.277 e. The molecular formula is C6H5FN2OS. The number of aromatic nitrogens is 1. The van der Waals surface area contributed by atoms with Crippen LogP contribution in [0.3, 0.4) is 0 Å². The van der Waals surface area contributed by atoms with Crippen molar-refractivity contribution in [3.05, 3.63) is 22.4 Å². The molecule has 0 aromatic carbocycles. The lowest BCUT2D eigenvalue weighted by molar-refractivity contribution is -0.115. The molecule has 1 aromatic rings. The standard InChI is InChI=1S/C6H5FN2OS/c7-4(6(8)10)3-5-9-1-2-11-5/h1-3H,(H2,8,10). The zero-order valence-corrected chi connectivity index (χ0v) is 6.27. The van der Waals surface area contributed by atoms with Gasteiger partial charge in [-0.1, -0.05) is 0 Å². The summed E-state index contributed by atoms with van der Waals surface area (Å²) in [7, 11) is 0. The topological polar surface area (TPSA) is 56.0 Å². The zero-order chi connectivity index (χ0) is 8.27. The highest BCUT2D eigenvalue weighted by atomic mass is 32.1. The van der Waals surface area contributed by atoms with Crippen LogP contribution in [0.4, 0.5) is 4.39 Å². The van der Waals surface area contributed by atoms with Gasteiger partial charge in [0.2, 0.25) is 0 Å². The molecule has 0 spiro atoms. The lowest BCUT2D eigenvalue weighted by atomic mass is 10.4. The molecule has 0 radical (unpaired) electrons. The number of rotatable bonds is 2. The van der Waals surface area contributed by atoms with Crippen molar-refractivity contribution in [1.29, 1.82) is 0 Å². The van der Waals surface area contributed by atoms with E-state index in [-0.39, 0.29) is 0 Å². The van der Waals surface area contributed by atoms with E-state index in [1.807, 2.05) is 0 Å². The van der Waals surface area contributed by atoms with E-state index in [0.29, 0.717) is 5.01 Å². The van der Waals surface area contributed by atoms with Crippen molar-refractivity contribution in [2.24, 2.45) is 5.73 Å². The second-order valence-electron chi connectivity index (χ2n) is 1.73. The Morgan fingerprint density at radius 1 is 1.82 bits per heavy atom. The summed E-state index contributed by atoms with van der Waals surface area (Å²) in [5.74, 6) is -2.04. The lowest BCUT2D eigenvalue weighted by Gasteiger charge is -1.85. The summed E-state index contributed by atoms with van der Waals surface area (Å²) in [5, 5.41) is 2.11. The average molecular weight is 172 g/mol. The normalized spacial score (nSPS) is 11.5. The van der Waals surface area contributed by atoms with Crippen LogP contribution in [0, 0.1) is 0 Å². The van der Waals surface area contributed by atoms with Crippen LogP contribution in [0.5, 0.6) is 0 Å². The number of hydrogen-bond acceptors (Lipinski definition) is 3. The van der Waals surface area contributed by atoms with Crippen molar-refractivity contribution in [2.75, 3.05) is 0 Å². The molecule has 58 valence electrons. The summed E-state index contributed by atoms with van der Waals surface area (Å²) in [6.07, 6.45) is 2.53. The average Bonchev–Trinajstić information content (AvgIpc) is 2.39. The Labute approximate surface area is 66.4 Å². The van der Waals surface area contributed by atoms with Gasteiger partial charge >= 0.3 is 0 Å². The Hall–Kier alpha value is -1.23. The van der Waals surface area contributed by atoms with Crippen molar-refractivity contribution in [3.8, 4) is 0 Å². The minimum Gasteiger partial charge on any atom is -0.364 e. The number of primary amides is 1. The molecule has 0 atom stereocenters. The molecule has 0 saturated heterocycles. The van der Waals surface area contributed by atoms with Gasteiger partial charge in [-0.3, -0.25) is 4.79 Å². The Morgan fingerprint density at radius 2 is 2.55 bits per heavy atom. The Bertz CT molecular complexity index is 281. The van der Waals surface area contributed by atoms with E-state index < -0.39 is 11.7 Å². The maximum absolute atomic E-state index is 12.4. The summed E-state index contributed by atoms with van der Waals surface area (Å²) in [4.78, 5) is 13.9. The highest BCUT2D eigenvalue weighted by Crippen LogP contribution is 2.09.